The predicted octanol–water partition coefficient (Wildman–Crippen LogP) is 4.76. The van der Waals surface area contributed by atoms with Crippen LogP contribution in [-0.4, -0.2) is 11.6 Å². The van der Waals surface area contributed by atoms with E-state index in [1.807, 2.05) is 32.0 Å². The summed E-state index contributed by atoms with van der Waals surface area (Å²) in [6.07, 6.45) is 0.747. The van der Waals surface area contributed by atoms with E-state index in [1.165, 1.54) is 11.1 Å². The van der Waals surface area contributed by atoms with E-state index in [2.05, 4.69) is 53.6 Å². The molecule has 1 heterocycles. The molecule has 136 valence electrons. The molecule has 0 aliphatic rings. The molecule has 0 saturated heterocycles. The highest BCUT2D eigenvalue weighted by atomic mass is 16.5. The molecule has 0 amide bonds. The third-order valence-electron chi connectivity index (χ3n) is 4.42. The van der Waals surface area contributed by atoms with Crippen LogP contribution in [0.5, 0.6) is 5.75 Å². The lowest BCUT2D eigenvalue weighted by molar-refractivity contribution is 0.319. The lowest BCUT2D eigenvalue weighted by Gasteiger charge is -2.15. The molecule has 0 aliphatic carbocycles. The molecular formula is C22H26N2O2. The maximum Gasteiger partial charge on any atom is 0.191 e. The molecule has 0 bridgehead atoms. The highest BCUT2D eigenvalue weighted by Gasteiger charge is 2.07. The summed E-state index contributed by atoms with van der Waals surface area (Å²) in [6, 6.07) is 19.0. The third kappa shape index (κ3) is 4.96. The van der Waals surface area contributed by atoms with Gasteiger partial charge in [-0.2, -0.15) is 0 Å². The number of nitrogens with one attached hydrogen (secondary N) is 1. The molecule has 3 aromatic rings. The first-order valence-corrected chi connectivity index (χ1v) is 9.05. The first-order chi connectivity index (χ1) is 12.6. The number of hydrogen-bond acceptors (Lipinski definition) is 4. The van der Waals surface area contributed by atoms with Crippen molar-refractivity contribution in [2.45, 2.75) is 39.8 Å². The van der Waals surface area contributed by atoms with Crippen molar-refractivity contribution in [3.8, 4) is 5.75 Å². The molecule has 2 aromatic carbocycles. The predicted molar refractivity (Wildman–Crippen MR) is 103 cm³/mol. The lowest BCUT2D eigenvalue weighted by atomic mass is 10.1. The van der Waals surface area contributed by atoms with Crippen LogP contribution in [0.4, 0.5) is 0 Å². The van der Waals surface area contributed by atoms with Crippen molar-refractivity contribution >= 4 is 0 Å². The van der Waals surface area contributed by atoms with Gasteiger partial charge in [-0.05, 0) is 37.1 Å². The minimum absolute atomic E-state index is 0.305. The van der Waals surface area contributed by atoms with Crippen LogP contribution in [0.3, 0.4) is 0 Å². The zero-order valence-corrected chi connectivity index (χ0v) is 15.7. The number of rotatable bonds is 8. The number of benzene rings is 2. The molecule has 1 N–H and O–H groups in total. The Morgan fingerprint density at radius 1 is 1.08 bits per heavy atom. The molecule has 26 heavy (non-hydrogen) atoms. The topological polar surface area (TPSA) is 47.3 Å². The van der Waals surface area contributed by atoms with Crippen molar-refractivity contribution in [1.29, 1.82) is 0 Å². The molecule has 1 unspecified atom stereocenters. The molecule has 4 nitrogen and oxygen atoms in total. The number of ether oxygens (including phenoxy) is 1. The van der Waals surface area contributed by atoms with Gasteiger partial charge in [-0.3, -0.25) is 0 Å². The molecule has 0 aliphatic heterocycles. The lowest BCUT2D eigenvalue weighted by Crippen LogP contribution is -2.18. The molecule has 1 aromatic heterocycles. The van der Waals surface area contributed by atoms with Gasteiger partial charge in [0.05, 0.1) is 12.3 Å². The number of hydrogen-bond donors (Lipinski definition) is 1. The minimum Gasteiger partial charge on any atom is -0.493 e. The van der Waals surface area contributed by atoms with Gasteiger partial charge in [0.1, 0.15) is 11.5 Å². The Balaban J connectivity index is 1.50. The minimum atomic E-state index is 0.305. The van der Waals surface area contributed by atoms with Crippen LogP contribution >= 0.6 is 0 Å². The van der Waals surface area contributed by atoms with Gasteiger partial charge >= 0.3 is 0 Å². The Morgan fingerprint density at radius 2 is 1.88 bits per heavy atom. The van der Waals surface area contributed by atoms with Crippen LogP contribution in [0.1, 0.15) is 41.4 Å². The molecule has 0 radical (unpaired) electrons. The SMILES string of the molecule is Cc1nc(CCOc2cccc(CNC(C)c3ccccc3)c2)c(C)o1. The van der Waals surface area contributed by atoms with E-state index >= 15 is 0 Å². The second kappa shape index (κ2) is 8.68. The Kier molecular flexibility index (Phi) is 6.08. The van der Waals surface area contributed by atoms with E-state index in [9.17, 15) is 0 Å². The van der Waals surface area contributed by atoms with Crippen molar-refractivity contribution in [3.63, 3.8) is 0 Å². The van der Waals surface area contributed by atoms with Gasteiger partial charge in [0, 0.05) is 25.9 Å². The Labute approximate surface area is 155 Å². The van der Waals surface area contributed by atoms with Gasteiger partial charge in [-0.1, -0.05) is 42.5 Å². The second-order valence-corrected chi connectivity index (χ2v) is 6.49. The van der Waals surface area contributed by atoms with E-state index in [0.29, 0.717) is 18.5 Å². The molecule has 0 saturated carbocycles. The number of aromatic nitrogens is 1. The molecule has 0 spiro atoms. The molecular weight excluding hydrogens is 324 g/mol. The monoisotopic (exact) mass is 350 g/mol. The number of aryl methyl sites for hydroxylation is 2. The standard InChI is InChI=1S/C22H26N2O2/c1-16(20-9-5-4-6-10-20)23-15-19-8-7-11-21(14-19)25-13-12-22-17(2)26-18(3)24-22/h4-11,14,16,23H,12-13,15H2,1-3H3. The zero-order valence-electron chi connectivity index (χ0n) is 15.7. The smallest absolute Gasteiger partial charge is 0.191 e. The molecule has 3 rings (SSSR count). The van der Waals surface area contributed by atoms with E-state index in [-0.39, 0.29) is 0 Å². The summed E-state index contributed by atoms with van der Waals surface area (Å²) in [5.74, 6) is 2.46. The van der Waals surface area contributed by atoms with Crippen LogP contribution in [0.15, 0.2) is 59.0 Å². The summed E-state index contributed by atoms with van der Waals surface area (Å²) in [6.45, 7) is 7.37. The highest BCUT2D eigenvalue weighted by molar-refractivity contribution is 5.29. The van der Waals surface area contributed by atoms with E-state index in [0.717, 1.165) is 30.2 Å². The van der Waals surface area contributed by atoms with Crippen molar-refractivity contribution in [2.24, 2.45) is 0 Å². The van der Waals surface area contributed by atoms with E-state index in [4.69, 9.17) is 9.15 Å². The Hall–Kier alpha value is -2.59. The van der Waals surface area contributed by atoms with E-state index < -0.39 is 0 Å². The quantitative estimate of drug-likeness (QED) is 0.636. The van der Waals surface area contributed by atoms with Gasteiger partial charge in [0.15, 0.2) is 5.89 Å². The highest BCUT2D eigenvalue weighted by Crippen LogP contribution is 2.17. The van der Waals surface area contributed by atoms with Crippen LogP contribution in [0, 0.1) is 13.8 Å². The maximum atomic E-state index is 5.90. The summed E-state index contributed by atoms with van der Waals surface area (Å²) in [7, 11) is 0. The fraction of sp³-hybridized carbons (Fsp3) is 0.318. The number of nitrogens with zero attached hydrogens (tertiary/aromatic N) is 1. The van der Waals surface area contributed by atoms with Gasteiger partial charge in [0.2, 0.25) is 0 Å². The van der Waals surface area contributed by atoms with Crippen molar-refractivity contribution in [1.82, 2.24) is 10.3 Å². The number of oxazole rings is 1. The van der Waals surface area contributed by atoms with Gasteiger partial charge in [0.25, 0.3) is 0 Å². The molecule has 0 fully saturated rings. The summed E-state index contributed by atoms with van der Waals surface area (Å²) in [5.41, 5.74) is 3.47. The first kappa shape index (κ1) is 18.2. The first-order valence-electron chi connectivity index (χ1n) is 9.05. The van der Waals surface area contributed by atoms with Crippen molar-refractivity contribution in [3.05, 3.63) is 83.1 Å². The second-order valence-electron chi connectivity index (χ2n) is 6.49. The Bertz CT molecular complexity index is 827. The fourth-order valence-electron chi connectivity index (χ4n) is 2.95. The van der Waals surface area contributed by atoms with Gasteiger partial charge in [-0.25, -0.2) is 4.98 Å². The van der Waals surface area contributed by atoms with Crippen LogP contribution in [-0.2, 0) is 13.0 Å². The summed E-state index contributed by atoms with van der Waals surface area (Å²) in [5, 5.41) is 3.56. The van der Waals surface area contributed by atoms with Crippen LogP contribution in [0.25, 0.3) is 0 Å². The average Bonchev–Trinajstić information content (AvgIpc) is 2.98. The van der Waals surface area contributed by atoms with Crippen molar-refractivity contribution in [2.75, 3.05) is 6.61 Å². The normalized spacial score (nSPS) is 12.1. The Morgan fingerprint density at radius 3 is 2.62 bits per heavy atom. The summed E-state index contributed by atoms with van der Waals surface area (Å²) >= 11 is 0. The fourth-order valence-corrected chi connectivity index (χ4v) is 2.95. The van der Waals surface area contributed by atoms with Gasteiger partial charge in [-0.15, -0.1) is 0 Å². The maximum absolute atomic E-state index is 5.90. The van der Waals surface area contributed by atoms with Crippen LogP contribution < -0.4 is 10.1 Å². The van der Waals surface area contributed by atoms with E-state index in [1.54, 1.807) is 0 Å². The van der Waals surface area contributed by atoms with Gasteiger partial charge < -0.3 is 14.5 Å². The average molecular weight is 350 g/mol. The summed E-state index contributed by atoms with van der Waals surface area (Å²) < 4.78 is 11.3. The molecule has 4 heteroatoms. The van der Waals surface area contributed by atoms with Crippen molar-refractivity contribution < 1.29 is 9.15 Å². The molecule has 1 atom stereocenters. The van der Waals surface area contributed by atoms with Crippen LogP contribution in [0.2, 0.25) is 0 Å². The zero-order chi connectivity index (χ0) is 18.4. The third-order valence-corrected chi connectivity index (χ3v) is 4.42. The largest absolute Gasteiger partial charge is 0.493 e. The summed E-state index contributed by atoms with van der Waals surface area (Å²) in [4.78, 5) is 4.38.